The van der Waals surface area contributed by atoms with Gasteiger partial charge in [0, 0.05) is 6.54 Å². The van der Waals surface area contributed by atoms with Gasteiger partial charge in [0.1, 0.15) is 0 Å². The summed E-state index contributed by atoms with van der Waals surface area (Å²) in [7, 11) is 0. The normalized spacial score (nSPS) is 50.1. The maximum atomic E-state index is 6.72. The van der Waals surface area contributed by atoms with Crippen molar-refractivity contribution in [2.75, 3.05) is 6.54 Å². The average Bonchev–Trinajstić information content (AvgIpc) is 2.46. The summed E-state index contributed by atoms with van der Waals surface area (Å²) in [4.78, 5) is 3.45. The van der Waals surface area contributed by atoms with Gasteiger partial charge in [-0.2, -0.15) is 0 Å². The van der Waals surface area contributed by atoms with E-state index in [1.165, 1.54) is 6.42 Å². The van der Waals surface area contributed by atoms with Crippen molar-refractivity contribution < 1.29 is 0 Å². The monoisotopic (exact) mass is 108 g/mol. The van der Waals surface area contributed by atoms with Crippen molar-refractivity contribution in [3.63, 3.8) is 0 Å². The Morgan fingerprint density at radius 1 is 1.62 bits per heavy atom. The number of nitrogens with one attached hydrogen (secondary N) is 1. The zero-order valence-electron chi connectivity index (χ0n) is 4.59. The van der Waals surface area contributed by atoms with E-state index in [1.54, 1.807) is 0 Å². The molecule has 2 aliphatic rings. The molecule has 1 aliphatic carbocycles. The zero-order chi connectivity index (χ0) is 5.56. The molecule has 0 unspecified atom stereocenters. The van der Waals surface area contributed by atoms with E-state index in [1.807, 2.05) is 0 Å². The first-order valence-corrected chi connectivity index (χ1v) is 3.02. The van der Waals surface area contributed by atoms with Gasteiger partial charge in [0.05, 0.1) is 5.92 Å². The van der Waals surface area contributed by atoms with Crippen molar-refractivity contribution in [2.24, 2.45) is 11.8 Å². The number of piperidine rings is 1. The first-order chi connectivity index (χ1) is 3.92. The third-order valence-electron chi connectivity index (χ3n) is 2.11. The van der Waals surface area contributed by atoms with Gasteiger partial charge in [0.25, 0.3) is 6.17 Å². The maximum Gasteiger partial charge on any atom is 0.280 e. The lowest BCUT2D eigenvalue weighted by molar-refractivity contribution is 0.626. The fraction of sp³-hybridized carbons (Fsp3) is 0.833. The van der Waals surface area contributed by atoms with Crippen LogP contribution in [0.3, 0.4) is 0 Å². The van der Waals surface area contributed by atoms with Crippen LogP contribution in [-0.2, 0) is 0 Å². The molecule has 2 nitrogen and oxygen atoms in total. The number of rotatable bonds is 0. The van der Waals surface area contributed by atoms with Crippen LogP contribution < -0.4 is 5.32 Å². The van der Waals surface area contributed by atoms with Crippen LogP contribution in [0.1, 0.15) is 6.42 Å². The standard InChI is InChI=1S/C6H8N2/c1-7-6-5-2-4(5)3-8-6/h4-6,8H,2-3H2/t4-,5-,6-/m1/s1. The molecule has 42 valence electrons. The molecule has 0 bridgehead atoms. The van der Waals surface area contributed by atoms with Crippen molar-refractivity contribution in [2.45, 2.75) is 12.6 Å². The van der Waals surface area contributed by atoms with Crippen LogP contribution in [0.25, 0.3) is 4.85 Å². The number of nitrogens with zero attached hydrogens (tertiary/aromatic N) is 1. The summed E-state index contributed by atoms with van der Waals surface area (Å²) in [5, 5.41) is 3.15. The molecular weight excluding hydrogens is 100 g/mol. The first kappa shape index (κ1) is 4.34. The number of hydrogen-bond acceptors (Lipinski definition) is 1. The SMILES string of the molecule is [C-]#[N+][C@@H]1NC[C@H]2C[C@H]21. The summed E-state index contributed by atoms with van der Waals surface area (Å²) in [6, 6.07) is 0. The second-order valence-electron chi connectivity index (χ2n) is 2.64. The molecule has 1 heterocycles. The lowest BCUT2D eigenvalue weighted by atomic mass is 10.3. The van der Waals surface area contributed by atoms with Gasteiger partial charge < -0.3 is 0 Å². The molecule has 0 aromatic carbocycles. The molecule has 2 rings (SSSR count). The minimum absolute atomic E-state index is 0.181. The fourth-order valence-electron chi connectivity index (χ4n) is 1.46. The topological polar surface area (TPSA) is 16.4 Å². The molecule has 0 aromatic rings. The molecule has 0 radical (unpaired) electrons. The second kappa shape index (κ2) is 1.24. The van der Waals surface area contributed by atoms with Crippen LogP contribution >= 0.6 is 0 Å². The summed E-state index contributed by atoms with van der Waals surface area (Å²) in [5.74, 6) is 1.60. The van der Waals surface area contributed by atoms with Gasteiger partial charge in [-0.15, -0.1) is 0 Å². The summed E-state index contributed by atoms with van der Waals surface area (Å²) >= 11 is 0. The van der Waals surface area contributed by atoms with Crippen LogP contribution in [-0.4, -0.2) is 12.7 Å². The second-order valence-corrected chi connectivity index (χ2v) is 2.64. The van der Waals surface area contributed by atoms with Crippen molar-refractivity contribution in [3.8, 4) is 0 Å². The summed E-state index contributed by atoms with van der Waals surface area (Å²) in [6.07, 6.45) is 1.49. The molecule has 1 aliphatic heterocycles. The Morgan fingerprint density at radius 3 is 2.75 bits per heavy atom. The summed E-state index contributed by atoms with van der Waals surface area (Å²) in [5.41, 5.74) is 0. The van der Waals surface area contributed by atoms with Crippen molar-refractivity contribution in [3.05, 3.63) is 11.4 Å². The molecule has 3 atom stereocenters. The minimum atomic E-state index is 0.181. The van der Waals surface area contributed by atoms with Crippen LogP contribution in [0, 0.1) is 18.4 Å². The van der Waals surface area contributed by atoms with Crippen LogP contribution in [0.15, 0.2) is 0 Å². The van der Waals surface area contributed by atoms with Crippen LogP contribution in [0.2, 0.25) is 0 Å². The fourth-order valence-corrected chi connectivity index (χ4v) is 1.46. The molecule has 1 N–H and O–H groups in total. The molecule has 0 amide bonds. The van der Waals surface area contributed by atoms with Crippen molar-refractivity contribution >= 4 is 0 Å². The number of fused-ring (bicyclic) bond motifs is 1. The smallest absolute Gasteiger partial charge is 0.280 e. The Hall–Kier alpha value is -0.550. The van der Waals surface area contributed by atoms with E-state index in [-0.39, 0.29) is 6.17 Å². The summed E-state index contributed by atoms with van der Waals surface area (Å²) < 4.78 is 0. The number of hydrogen-bond donors (Lipinski definition) is 1. The lowest BCUT2D eigenvalue weighted by Crippen LogP contribution is -2.21. The molecule has 8 heavy (non-hydrogen) atoms. The van der Waals surface area contributed by atoms with E-state index in [2.05, 4.69) is 10.2 Å². The Labute approximate surface area is 48.7 Å². The Kier molecular flexibility index (Phi) is 0.671. The van der Waals surface area contributed by atoms with Gasteiger partial charge >= 0.3 is 0 Å². The minimum Gasteiger partial charge on any atom is -0.296 e. The molecular formula is C6H8N2. The van der Waals surface area contributed by atoms with E-state index in [9.17, 15) is 0 Å². The van der Waals surface area contributed by atoms with Gasteiger partial charge in [0.2, 0.25) is 0 Å². The molecule has 1 saturated heterocycles. The van der Waals surface area contributed by atoms with Gasteiger partial charge in [-0.1, -0.05) is 0 Å². The highest BCUT2D eigenvalue weighted by atomic mass is 15.1. The Balaban J connectivity index is 2.09. The molecule has 1 saturated carbocycles. The summed E-state index contributed by atoms with van der Waals surface area (Å²) in [6.45, 7) is 7.81. The first-order valence-electron chi connectivity index (χ1n) is 3.02. The highest BCUT2D eigenvalue weighted by Crippen LogP contribution is 2.45. The van der Waals surface area contributed by atoms with Crippen molar-refractivity contribution in [1.82, 2.24) is 5.32 Å². The largest absolute Gasteiger partial charge is 0.296 e. The van der Waals surface area contributed by atoms with Crippen LogP contribution in [0.4, 0.5) is 0 Å². The quantitative estimate of drug-likeness (QED) is 0.446. The Bertz CT molecular complexity index is 147. The van der Waals surface area contributed by atoms with E-state index < -0.39 is 0 Å². The molecule has 2 heteroatoms. The van der Waals surface area contributed by atoms with Gasteiger partial charge in [-0.25, -0.2) is 11.9 Å². The molecule has 0 aromatic heterocycles. The highest BCUT2D eigenvalue weighted by molar-refractivity contribution is 5.05. The third kappa shape index (κ3) is 0.399. The van der Waals surface area contributed by atoms with Gasteiger partial charge in [-0.3, -0.25) is 4.85 Å². The third-order valence-corrected chi connectivity index (χ3v) is 2.11. The maximum absolute atomic E-state index is 6.72. The average molecular weight is 108 g/mol. The van der Waals surface area contributed by atoms with Crippen molar-refractivity contribution in [1.29, 1.82) is 0 Å². The zero-order valence-corrected chi connectivity index (χ0v) is 4.59. The molecule has 0 spiro atoms. The van der Waals surface area contributed by atoms with Crippen LogP contribution in [0.5, 0.6) is 0 Å². The van der Waals surface area contributed by atoms with E-state index >= 15 is 0 Å². The van der Waals surface area contributed by atoms with E-state index in [0.717, 1.165) is 18.4 Å². The highest BCUT2D eigenvalue weighted by Gasteiger charge is 2.52. The Morgan fingerprint density at radius 2 is 2.50 bits per heavy atom. The lowest BCUT2D eigenvalue weighted by Gasteiger charge is -1.95. The van der Waals surface area contributed by atoms with E-state index in [4.69, 9.17) is 6.57 Å². The molecule has 2 fully saturated rings. The van der Waals surface area contributed by atoms with E-state index in [0.29, 0.717) is 0 Å². The van der Waals surface area contributed by atoms with Gasteiger partial charge in [0.15, 0.2) is 0 Å². The predicted octanol–water partition coefficient (Wildman–Crippen LogP) is 0.471. The van der Waals surface area contributed by atoms with Gasteiger partial charge in [-0.05, 0) is 12.3 Å². The predicted molar refractivity (Wildman–Crippen MR) is 30.0 cm³/mol.